The lowest BCUT2D eigenvalue weighted by Crippen LogP contribution is -2.43. The third-order valence-corrected chi connectivity index (χ3v) is 7.61. The van der Waals surface area contributed by atoms with Crippen LogP contribution in [0.15, 0.2) is 77.3 Å². The van der Waals surface area contributed by atoms with Crippen molar-refractivity contribution in [1.82, 2.24) is 20.2 Å². The van der Waals surface area contributed by atoms with E-state index in [1.54, 1.807) is 6.92 Å². The first-order valence-corrected chi connectivity index (χ1v) is 14.2. The summed E-state index contributed by atoms with van der Waals surface area (Å²) in [5.74, 6) is -1.51. The van der Waals surface area contributed by atoms with Gasteiger partial charge in [0.1, 0.15) is 11.9 Å². The molecule has 10 nitrogen and oxygen atoms in total. The molecule has 44 heavy (non-hydrogen) atoms. The summed E-state index contributed by atoms with van der Waals surface area (Å²) >= 11 is 0. The van der Waals surface area contributed by atoms with Crippen molar-refractivity contribution in [2.45, 2.75) is 25.9 Å². The van der Waals surface area contributed by atoms with Crippen molar-refractivity contribution in [2.24, 2.45) is 16.6 Å². The van der Waals surface area contributed by atoms with E-state index in [0.717, 1.165) is 54.2 Å². The van der Waals surface area contributed by atoms with Crippen LogP contribution in [-0.4, -0.2) is 53.7 Å². The summed E-state index contributed by atoms with van der Waals surface area (Å²) in [5.41, 5.74) is 10.7. The maximum absolute atomic E-state index is 13.7. The molecule has 0 fully saturated rings. The Morgan fingerprint density at radius 3 is 2.68 bits per heavy atom. The molecule has 2 aliphatic rings. The van der Waals surface area contributed by atoms with Gasteiger partial charge in [0.25, 0.3) is 5.91 Å². The van der Waals surface area contributed by atoms with Crippen LogP contribution in [0.1, 0.15) is 46.7 Å². The Bertz CT molecular complexity index is 1690. The van der Waals surface area contributed by atoms with Gasteiger partial charge in [0.05, 0.1) is 18.0 Å². The highest BCUT2D eigenvalue weighted by molar-refractivity contribution is 6.08. The number of hydrogen-bond acceptors (Lipinski definition) is 9. The summed E-state index contributed by atoms with van der Waals surface area (Å²) in [4.78, 5) is 30.4. The number of aromatic nitrogens is 2. The third-order valence-electron chi connectivity index (χ3n) is 7.61. The van der Waals surface area contributed by atoms with Crippen LogP contribution in [0.5, 0.6) is 0 Å². The van der Waals surface area contributed by atoms with Gasteiger partial charge in [-0.1, -0.05) is 18.2 Å². The van der Waals surface area contributed by atoms with Gasteiger partial charge in [-0.3, -0.25) is 9.79 Å². The molecule has 0 bridgehead atoms. The van der Waals surface area contributed by atoms with E-state index in [9.17, 15) is 18.8 Å². The first kappa shape index (κ1) is 30.3. The van der Waals surface area contributed by atoms with Crippen LogP contribution in [0.25, 0.3) is 0 Å². The van der Waals surface area contributed by atoms with Gasteiger partial charge in [-0.2, -0.15) is 5.26 Å². The normalized spacial score (nSPS) is 16.4. The Morgan fingerprint density at radius 2 is 1.98 bits per heavy atom. The van der Waals surface area contributed by atoms with E-state index in [0.29, 0.717) is 17.9 Å². The zero-order valence-corrected chi connectivity index (χ0v) is 24.7. The monoisotopic (exact) mass is 597 g/mol. The van der Waals surface area contributed by atoms with Gasteiger partial charge in [0, 0.05) is 36.5 Å². The van der Waals surface area contributed by atoms with Crippen molar-refractivity contribution in [2.75, 3.05) is 37.4 Å². The number of rotatable bonds is 10. The number of hydrogen-bond donors (Lipinski definition) is 3. The van der Waals surface area contributed by atoms with Crippen LogP contribution >= 0.6 is 0 Å². The number of benzene rings is 2. The minimum Gasteiger partial charge on any atom is -0.385 e. The Morgan fingerprint density at radius 1 is 1.20 bits per heavy atom. The minimum absolute atomic E-state index is 0.0343. The largest absolute Gasteiger partial charge is 0.385 e. The molecule has 5 rings (SSSR count). The molecule has 226 valence electrons. The average Bonchev–Trinajstić information content (AvgIpc) is 3.52. The van der Waals surface area contributed by atoms with E-state index in [2.05, 4.69) is 49.5 Å². The van der Waals surface area contributed by atoms with Crippen molar-refractivity contribution >= 4 is 23.1 Å². The number of carbonyl (C=O) groups is 1. The van der Waals surface area contributed by atoms with Crippen LogP contribution in [-0.2, 0) is 6.54 Å². The Hall–Kier alpha value is -5.15. The van der Waals surface area contributed by atoms with E-state index in [4.69, 9.17) is 5.73 Å². The smallest absolute Gasteiger partial charge is 0.274 e. The molecule has 0 saturated heterocycles. The number of carbonyl (C=O) groups excluding carboxylic acids is 1. The van der Waals surface area contributed by atoms with Crippen LogP contribution in [0, 0.1) is 28.9 Å². The standard InChI is InChI=1S/C32H33F2N9O/c1-19(21-6-9-26(33)27(34)14-21)40-32(44)29-31(39-17-23(15-35)41-29)38-16-20-4-7-24(8-5-20)43-18-22(11-13-42(2)3)28-25(30(43)36)10-12-37-28/h4-10,12,14,17,19,22H,11,13,16,18,36H2,1-3H3,(H,38,39)(H,40,44). The highest BCUT2D eigenvalue weighted by Crippen LogP contribution is 2.32. The first-order valence-electron chi connectivity index (χ1n) is 14.2. The fourth-order valence-electron chi connectivity index (χ4n) is 5.17. The fraction of sp³-hybridized carbons (Fsp3) is 0.281. The van der Waals surface area contributed by atoms with Crippen LogP contribution < -0.4 is 21.3 Å². The maximum atomic E-state index is 13.7. The molecule has 12 heteroatoms. The predicted molar refractivity (Wildman–Crippen MR) is 165 cm³/mol. The maximum Gasteiger partial charge on any atom is 0.274 e. The molecule has 0 saturated carbocycles. The van der Waals surface area contributed by atoms with Crippen molar-refractivity contribution in [3.63, 3.8) is 0 Å². The number of allylic oxidation sites excluding steroid dienone is 2. The summed E-state index contributed by atoms with van der Waals surface area (Å²) < 4.78 is 27.1. The molecule has 0 aliphatic carbocycles. The molecule has 0 radical (unpaired) electrons. The third kappa shape index (κ3) is 6.58. The number of halogens is 2. The van der Waals surface area contributed by atoms with Crippen molar-refractivity contribution in [1.29, 1.82) is 5.26 Å². The SMILES string of the molecule is CC(NC(=O)c1nc(C#N)cnc1NCc1ccc(N2CC(CCN(C)C)C3=NC=CC3=C2N)cc1)c1ccc(F)c(F)c1. The van der Waals surface area contributed by atoms with Crippen LogP contribution in [0.4, 0.5) is 20.3 Å². The van der Waals surface area contributed by atoms with Gasteiger partial charge >= 0.3 is 0 Å². The number of aliphatic imine (C=N–C) groups is 1. The summed E-state index contributed by atoms with van der Waals surface area (Å²) in [6, 6.07) is 12.6. The number of anilines is 2. The molecule has 0 spiro atoms. The number of nitrogens with two attached hydrogens (primary N) is 1. The van der Waals surface area contributed by atoms with Gasteiger partial charge in [-0.05, 0) is 75.5 Å². The van der Waals surface area contributed by atoms with E-state index >= 15 is 0 Å². The summed E-state index contributed by atoms with van der Waals surface area (Å²) in [6.45, 7) is 3.62. The van der Waals surface area contributed by atoms with Gasteiger partial charge in [-0.15, -0.1) is 0 Å². The predicted octanol–water partition coefficient (Wildman–Crippen LogP) is 4.26. The lowest BCUT2D eigenvalue weighted by Gasteiger charge is -2.36. The average molecular weight is 598 g/mol. The van der Waals surface area contributed by atoms with E-state index in [1.807, 2.05) is 42.6 Å². The summed E-state index contributed by atoms with van der Waals surface area (Å²) in [6.07, 6.45) is 6.00. The van der Waals surface area contributed by atoms with Crippen LogP contribution in [0.2, 0.25) is 0 Å². The highest BCUT2D eigenvalue weighted by Gasteiger charge is 2.32. The van der Waals surface area contributed by atoms with Crippen molar-refractivity contribution < 1.29 is 13.6 Å². The van der Waals surface area contributed by atoms with E-state index in [-0.39, 0.29) is 23.1 Å². The first-order chi connectivity index (χ1) is 21.1. The van der Waals surface area contributed by atoms with E-state index < -0.39 is 23.6 Å². The summed E-state index contributed by atoms with van der Waals surface area (Å²) in [5, 5.41) is 15.2. The minimum atomic E-state index is -1.01. The lowest BCUT2D eigenvalue weighted by molar-refractivity contribution is 0.0935. The number of nitrogens with zero attached hydrogens (tertiary/aromatic N) is 6. The molecule has 4 N–H and O–H groups in total. The van der Waals surface area contributed by atoms with Crippen molar-refractivity contribution in [3.05, 3.63) is 106 Å². The molecule has 3 aromatic rings. The van der Waals surface area contributed by atoms with Gasteiger partial charge < -0.3 is 26.2 Å². The quantitative estimate of drug-likeness (QED) is 0.316. The lowest BCUT2D eigenvalue weighted by atomic mass is 9.89. The number of nitrogens with one attached hydrogen (secondary N) is 2. The fourth-order valence-corrected chi connectivity index (χ4v) is 5.17. The molecule has 1 aromatic heterocycles. The second-order valence-electron chi connectivity index (χ2n) is 11.0. The molecule has 2 unspecified atom stereocenters. The van der Waals surface area contributed by atoms with Gasteiger partial charge in [-0.25, -0.2) is 18.7 Å². The second-order valence-corrected chi connectivity index (χ2v) is 11.0. The number of fused-ring (bicyclic) bond motifs is 1. The number of amides is 1. The second kappa shape index (κ2) is 13.0. The Balaban J connectivity index is 1.29. The summed E-state index contributed by atoms with van der Waals surface area (Å²) in [7, 11) is 4.12. The van der Waals surface area contributed by atoms with E-state index in [1.165, 1.54) is 12.3 Å². The van der Waals surface area contributed by atoms with Crippen LogP contribution in [0.3, 0.4) is 0 Å². The van der Waals surface area contributed by atoms with Gasteiger partial charge in [0.15, 0.2) is 28.8 Å². The van der Waals surface area contributed by atoms with Crippen molar-refractivity contribution in [3.8, 4) is 6.07 Å². The molecule has 2 aromatic carbocycles. The topological polar surface area (TPSA) is 136 Å². The molecule has 3 heterocycles. The number of nitriles is 1. The molecule has 2 aliphatic heterocycles. The molecule has 2 atom stereocenters. The molecule has 1 amide bonds. The Kier molecular flexibility index (Phi) is 8.96. The zero-order chi connectivity index (χ0) is 31.4. The zero-order valence-electron chi connectivity index (χ0n) is 24.7. The Labute approximate surface area is 254 Å². The van der Waals surface area contributed by atoms with Gasteiger partial charge in [0.2, 0.25) is 0 Å². The molecular formula is C32H33F2N9O. The molecular weight excluding hydrogens is 564 g/mol. The highest BCUT2D eigenvalue weighted by atomic mass is 19.2.